The molecule has 0 saturated heterocycles. The zero-order valence-electron chi connectivity index (χ0n) is 10.8. The Morgan fingerprint density at radius 3 is 2.47 bits per heavy atom. The molecule has 0 heterocycles. The average Bonchev–Trinajstić information content (AvgIpc) is 2.29. The maximum absolute atomic E-state index is 11.7. The van der Waals surface area contributed by atoms with Gasteiger partial charge in [0.2, 0.25) is 5.91 Å². The van der Waals surface area contributed by atoms with Gasteiger partial charge in [-0.2, -0.15) is 0 Å². The summed E-state index contributed by atoms with van der Waals surface area (Å²) in [6, 6.07) is 0. The van der Waals surface area contributed by atoms with Crippen LogP contribution in [-0.2, 0) is 14.3 Å². The van der Waals surface area contributed by atoms with Crippen LogP contribution in [0.5, 0.6) is 0 Å². The molecule has 1 aliphatic rings. The molecule has 17 heavy (non-hydrogen) atoms. The van der Waals surface area contributed by atoms with E-state index in [1.807, 2.05) is 13.8 Å². The van der Waals surface area contributed by atoms with Crippen molar-refractivity contribution in [1.82, 2.24) is 5.32 Å². The van der Waals surface area contributed by atoms with Crippen molar-refractivity contribution in [3.63, 3.8) is 0 Å². The Hall–Kier alpha value is -1.06. The number of nitrogens with one attached hydrogen (secondary N) is 1. The van der Waals surface area contributed by atoms with E-state index in [-0.39, 0.29) is 30.3 Å². The van der Waals surface area contributed by atoms with E-state index in [0.29, 0.717) is 6.54 Å². The number of hydrogen-bond acceptors (Lipinski definition) is 3. The Labute approximate surface area is 103 Å². The van der Waals surface area contributed by atoms with E-state index in [0.717, 1.165) is 25.7 Å². The quantitative estimate of drug-likeness (QED) is 0.749. The summed E-state index contributed by atoms with van der Waals surface area (Å²) in [5.41, 5.74) is 0. The highest BCUT2D eigenvalue weighted by Crippen LogP contribution is 2.23. The predicted octanol–water partition coefficient (Wildman–Crippen LogP) is 2.02. The second kappa shape index (κ2) is 7.30. The van der Waals surface area contributed by atoms with Crippen LogP contribution in [0, 0.1) is 5.92 Å². The standard InChI is InChI=1S/C13H23NO3/c1-10(2)17-12(15)8-9-14-13(16)11-6-4-3-5-7-11/h10-11H,3-9H2,1-2H3,(H,14,16). The molecule has 1 fully saturated rings. The third-order valence-electron chi connectivity index (χ3n) is 2.97. The molecule has 1 N–H and O–H groups in total. The maximum atomic E-state index is 11.7. The molecule has 0 aromatic heterocycles. The number of amides is 1. The van der Waals surface area contributed by atoms with E-state index in [1.165, 1.54) is 6.42 Å². The van der Waals surface area contributed by atoms with E-state index >= 15 is 0 Å². The lowest BCUT2D eigenvalue weighted by atomic mass is 9.89. The number of rotatable bonds is 5. The van der Waals surface area contributed by atoms with Crippen LogP contribution in [0.4, 0.5) is 0 Å². The smallest absolute Gasteiger partial charge is 0.307 e. The number of carbonyl (C=O) groups is 2. The van der Waals surface area contributed by atoms with Crippen molar-refractivity contribution in [1.29, 1.82) is 0 Å². The van der Waals surface area contributed by atoms with Gasteiger partial charge in [-0.25, -0.2) is 0 Å². The normalized spacial score (nSPS) is 16.9. The molecule has 0 atom stereocenters. The molecule has 0 aromatic rings. The molecule has 1 aliphatic carbocycles. The van der Waals surface area contributed by atoms with Crippen LogP contribution in [-0.4, -0.2) is 24.5 Å². The summed E-state index contributed by atoms with van der Waals surface area (Å²) in [5.74, 6) is 0.0101. The van der Waals surface area contributed by atoms with Gasteiger partial charge in [-0.05, 0) is 26.7 Å². The third-order valence-corrected chi connectivity index (χ3v) is 2.97. The van der Waals surface area contributed by atoms with Crippen molar-refractivity contribution < 1.29 is 14.3 Å². The van der Waals surface area contributed by atoms with Gasteiger partial charge in [0.25, 0.3) is 0 Å². The van der Waals surface area contributed by atoms with Gasteiger partial charge >= 0.3 is 5.97 Å². The van der Waals surface area contributed by atoms with Crippen molar-refractivity contribution >= 4 is 11.9 Å². The van der Waals surface area contributed by atoms with Crippen LogP contribution in [0.3, 0.4) is 0 Å². The van der Waals surface area contributed by atoms with Crippen molar-refractivity contribution in [3.8, 4) is 0 Å². The number of carbonyl (C=O) groups excluding carboxylic acids is 2. The fourth-order valence-electron chi connectivity index (χ4n) is 2.12. The molecule has 1 rings (SSSR count). The molecule has 0 aliphatic heterocycles. The zero-order chi connectivity index (χ0) is 12.7. The van der Waals surface area contributed by atoms with Gasteiger partial charge in [0.15, 0.2) is 0 Å². The van der Waals surface area contributed by atoms with Gasteiger partial charge in [0.1, 0.15) is 0 Å². The van der Waals surface area contributed by atoms with Gasteiger partial charge in [-0.15, -0.1) is 0 Å². The fourth-order valence-corrected chi connectivity index (χ4v) is 2.12. The first-order chi connectivity index (χ1) is 8.09. The molecule has 0 aromatic carbocycles. The van der Waals surface area contributed by atoms with Gasteiger partial charge in [0.05, 0.1) is 12.5 Å². The molecule has 1 amide bonds. The minimum atomic E-state index is -0.246. The molecule has 4 heteroatoms. The SMILES string of the molecule is CC(C)OC(=O)CCNC(=O)C1CCCCC1. The summed E-state index contributed by atoms with van der Waals surface area (Å²) >= 11 is 0. The lowest BCUT2D eigenvalue weighted by Crippen LogP contribution is -2.33. The molecule has 0 unspecified atom stereocenters. The number of ether oxygens (including phenoxy) is 1. The van der Waals surface area contributed by atoms with Crippen molar-refractivity contribution in [2.75, 3.05) is 6.54 Å². The van der Waals surface area contributed by atoms with E-state index in [4.69, 9.17) is 4.74 Å². The van der Waals surface area contributed by atoms with Crippen molar-refractivity contribution in [3.05, 3.63) is 0 Å². The lowest BCUT2D eigenvalue weighted by Gasteiger charge is -2.20. The highest BCUT2D eigenvalue weighted by molar-refractivity contribution is 5.79. The average molecular weight is 241 g/mol. The Kier molecular flexibility index (Phi) is 6.01. The summed E-state index contributed by atoms with van der Waals surface area (Å²) in [4.78, 5) is 23.0. The Bertz CT molecular complexity index is 257. The van der Waals surface area contributed by atoms with Gasteiger partial charge in [-0.3, -0.25) is 9.59 Å². The highest BCUT2D eigenvalue weighted by atomic mass is 16.5. The largest absolute Gasteiger partial charge is 0.463 e. The molecular formula is C13H23NO3. The van der Waals surface area contributed by atoms with E-state index in [9.17, 15) is 9.59 Å². The molecular weight excluding hydrogens is 218 g/mol. The van der Waals surface area contributed by atoms with E-state index in [1.54, 1.807) is 0 Å². The topological polar surface area (TPSA) is 55.4 Å². The molecule has 0 radical (unpaired) electrons. The summed E-state index contributed by atoms with van der Waals surface area (Å²) in [7, 11) is 0. The predicted molar refractivity (Wildman–Crippen MR) is 65.4 cm³/mol. The Morgan fingerprint density at radius 1 is 1.24 bits per heavy atom. The van der Waals surface area contributed by atoms with Crippen LogP contribution in [0.1, 0.15) is 52.4 Å². The Morgan fingerprint density at radius 2 is 1.88 bits per heavy atom. The molecule has 0 bridgehead atoms. The summed E-state index contributed by atoms with van der Waals surface area (Å²) < 4.78 is 4.99. The van der Waals surface area contributed by atoms with E-state index < -0.39 is 0 Å². The molecule has 1 saturated carbocycles. The second-order valence-electron chi connectivity index (χ2n) is 4.91. The Balaban J connectivity index is 2.13. The number of hydrogen-bond donors (Lipinski definition) is 1. The van der Waals surface area contributed by atoms with Crippen molar-refractivity contribution in [2.24, 2.45) is 5.92 Å². The summed E-state index contributed by atoms with van der Waals surface area (Å²) in [6.45, 7) is 4.03. The second-order valence-corrected chi connectivity index (χ2v) is 4.91. The minimum absolute atomic E-state index is 0.0865. The van der Waals surface area contributed by atoms with Gasteiger partial charge < -0.3 is 10.1 Å². The highest BCUT2D eigenvalue weighted by Gasteiger charge is 2.20. The van der Waals surface area contributed by atoms with Gasteiger partial charge in [0, 0.05) is 12.5 Å². The first-order valence-corrected chi connectivity index (χ1v) is 6.57. The lowest BCUT2D eigenvalue weighted by molar-refractivity contribution is -0.147. The van der Waals surface area contributed by atoms with Crippen LogP contribution < -0.4 is 5.32 Å². The molecule has 4 nitrogen and oxygen atoms in total. The molecule has 98 valence electrons. The van der Waals surface area contributed by atoms with Crippen LogP contribution in [0.15, 0.2) is 0 Å². The van der Waals surface area contributed by atoms with Crippen molar-refractivity contribution in [2.45, 2.75) is 58.5 Å². The fraction of sp³-hybridized carbons (Fsp3) is 0.846. The monoisotopic (exact) mass is 241 g/mol. The summed E-state index contributed by atoms with van der Waals surface area (Å²) in [5, 5.41) is 2.82. The summed E-state index contributed by atoms with van der Waals surface area (Å²) in [6.07, 6.45) is 5.68. The first kappa shape index (κ1) is 14.0. The zero-order valence-corrected chi connectivity index (χ0v) is 10.8. The molecule has 0 spiro atoms. The number of esters is 1. The van der Waals surface area contributed by atoms with Gasteiger partial charge in [-0.1, -0.05) is 19.3 Å². The minimum Gasteiger partial charge on any atom is -0.463 e. The maximum Gasteiger partial charge on any atom is 0.307 e. The van der Waals surface area contributed by atoms with Crippen LogP contribution in [0.25, 0.3) is 0 Å². The van der Waals surface area contributed by atoms with Crippen LogP contribution in [0.2, 0.25) is 0 Å². The van der Waals surface area contributed by atoms with E-state index in [2.05, 4.69) is 5.32 Å². The van der Waals surface area contributed by atoms with Crippen LogP contribution >= 0.6 is 0 Å². The first-order valence-electron chi connectivity index (χ1n) is 6.57. The third kappa shape index (κ3) is 5.71.